The summed E-state index contributed by atoms with van der Waals surface area (Å²) in [4.78, 5) is 0. The van der Waals surface area contributed by atoms with Crippen molar-refractivity contribution in [2.75, 3.05) is 20.8 Å². The zero-order valence-electron chi connectivity index (χ0n) is 11.8. The molecule has 1 N–H and O–H groups in total. The lowest BCUT2D eigenvalue weighted by Gasteiger charge is -2.26. The number of rotatable bonds is 5. The standard InChI is InChI=1S/C15H22BrNO2/c1-10-13(6-7-19-10)15(17-2)9-11-8-12(18-3)4-5-14(11)16/h4-5,8,10,13,15,17H,6-7,9H2,1-3H3. The minimum atomic E-state index is 0.335. The molecule has 1 aromatic carbocycles. The van der Waals surface area contributed by atoms with E-state index < -0.39 is 0 Å². The molecule has 0 amide bonds. The van der Waals surface area contributed by atoms with Gasteiger partial charge in [-0.2, -0.15) is 0 Å². The maximum absolute atomic E-state index is 5.68. The van der Waals surface area contributed by atoms with Crippen LogP contribution in [0, 0.1) is 5.92 Å². The minimum Gasteiger partial charge on any atom is -0.497 e. The zero-order valence-corrected chi connectivity index (χ0v) is 13.4. The third kappa shape index (κ3) is 3.50. The summed E-state index contributed by atoms with van der Waals surface area (Å²) < 4.78 is 12.1. The molecule has 3 unspecified atom stereocenters. The molecule has 1 aliphatic rings. The lowest BCUT2D eigenvalue weighted by molar-refractivity contribution is 0.0963. The van der Waals surface area contributed by atoms with Crippen molar-refractivity contribution >= 4 is 15.9 Å². The molecule has 1 aromatic rings. The molecule has 1 saturated heterocycles. The van der Waals surface area contributed by atoms with Gasteiger partial charge in [0, 0.05) is 23.0 Å². The summed E-state index contributed by atoms with van der Waals surface area (Å²) in [6.45, 7) is 3.05. The Morgan fingerprint density at radius 1 is 1.53 bits per heavy atom. The Morgan fingerprint density at radius 2 is 2.32 bits per heavy atom. The van der Waals surface area contributed by atoms with Crippen LogP contribution < -0.4 is 10.1 Å². The number of hydrogen-bond acceptors (Lipinski definition) is 3. The first-order valence-electron chi connectivity index (χ1n) is 6.77. The van der Waals surface area contributed by atoms with Gasteiger partial charge in [0.2, 0.25) is 0 Å². The summed E-state index contributed by atoms with van der Waals surface area (Å²) in [5.41, 5.74) is 1.28. The first kappa shape index (κ1) is 14.8. The summed E-state index contributed by atoms with van der Waals surface area (Å²) in [6, 6.07) is 6.56. The van der Waals surface area contributed by atoms with E-state index in [1.165, 1.54) is 5.56 Å². The van der Waals surface area contributed by atoms with Crippen molar-refractivity contribution in [3.63, 3.8) is 0 Å². The Bertz CT molecular complexity index is 425. The molecule has 0 saturated carbocycles. The topological polar surface area (TPSA) is 30.5 Å². The Kier molecular flexibility index (Phi) is 5.25. The van der Waals surface area contributed by atoms with Crippen molar-refractivity contribution in [3.8, 4) is 5.75 Å². The molecule has 1 fully saturated rings. The molecule has 0 aromatic heterocycles. The van der Waals surface area contributed by atoms with Gasteiger partial charge in [-0.25, -0.2) is 0 Å². The van der Waals surface area contributed by atoms with E-state index in [9.17, 15) is 0 Å². The predicted octanol–water partition coefficient (Wildman–Crippen LogP) is 3.01. The van der Waals surface area contributed by atoms with Gasteiger partial charge in [-0.3, -0.25) is 0 Å². The molecule has 4 heteroatoms. The lowest BCUT2D eigenvalue weighted by Crippen LogP contribution is -2.38. The van der Waals surface area contributed by atoms with Gasteiger partial charge in [0.25, 0.3) is 0 Å². The molecule has 19 heavy (non-hydrogen) atoms. The van der Waals surface area contributed by atoms with Crippen LogP contribution in [-0.2, 0) is 11.2 Å². The molecule has 0 spiro atoms. The van der Waals surface area contributed by atoms with Crippen LogP contribution in [0.15, 0.2) is 22.7 Å². The maximum atomic E-state index is 5.68. The van der Waals surface area contributed by atoms with Crippen LogP contribution in [0.4, 0.5) is 0 Å². The number of halogens is 1. The summed E-state index contributed by atoms with van der Waals surface area (Å²) in [7, 11) is 3.74. The summed E-state index contributed by atoms with van der Waals surface area (Å²) in [5.74, 6) is 1.48. The van der Waals surface area contributed by atoms with Crippen molar-refractivity contribution in [3.05, 3.63) is 28.2 Å². The van der Waals surface area contributed by atoms with Crippen molar-refractivity contribution in [2.24, 2.45) is 5.92 Å². The maximum Gasteiger partial charge on any atom is 0.119 e. The fourth-order valence-corrected chi connectivity index (χ4v) is 3.22. The largest absolute Gasteiger partial charge is 0.497 e. The molecule has 3 atom stereocenters. The van der Waals surface area contributed by atoms with Gasteiger partial charge >= 0.3 is 0 Å². The van der Waals surface area contributed by atoms with Gasteiger partial charge in [-0.15, -0.1) is 0 Å². The smallest absolute Gasteiger partial charge is 0.119 e. The van der Waals surface area contributed by atoms with E-state index in [-0.39, 0.29) is 0 Å². The zero-order chi connectivity index (χ0) is 13.8. The molecule has 0 radical (unpaired) electrons. The second-order valence-corrected chi connectivity index (χ2v) is 5.94. The van der Waals surface area contributed by atoms with Crippen molar-refractivity contribution < 1.29 is 9.47 Å². The van der Waals surface area contributed by atoms with Crippen LogP contribution in [0.2, 0.25) is 0 Å². The van der Waals surface area contributed by atoms with Crippen molar-refractivity contribution in [1.29, 1.82) is 0 Å². The highest BCUT2D eigenvalue weighted by atomic mass is 79.9. The summed E-state index contributed by atoms with van der Waals surface area (Å²) in [5, 5.41) is 3.45. The first-order valence-corrected chi connectivity index (χ1v) is 7.56. The highest BCUT2D eigenvalue weighted by Crippen LogP contribution is 2.29. The number of likely N-dealkylation sites (N-methyl/N-ethyl adjacent to an activating group) is 1. The van der Waals surface area contributed by atoms with E-state index >= 15 is 0 Å². The van der Waals surface area contributed by atoms with Gasteiger partial charge in [0.05, 0.1) is 13.2 Å². The second-order valence-electron chi connectivity index (χ2n) is 5.09. The molecule has 0 aliphatic carbocycles. The quantitative estimate of drug-likeness (QED) is 0.901. The molecular formula is C15H22BrNO2. The molecule has 3 nitrogen and oxygen atoms in total. The molecule has 0 bridgehead atoms. The van der Waals surface area contributed by atoms with Crippen LogP contribution in [-0.4, -0.2) is 32.9 Å². The van der Waals surface area contributed by atoms with E-state index in [1.54, 1.807) is 7.11 Å². The van der Waals surface area contributed by atoms with Crippen LogP contribution in [0.25, 0.3) is 0 Å². The summed E-state index contributed by atoms with van der Waals surface area (Å²) >= 11 is 3.63. The van der Waals surface area contributed by atoms with Crippen LogP contribution in [0.5, 0.6) is 5.75 Å². The first-order chi connectivity index (χ1) is 9.15. The highest BCUT2D eigenvalue weighted by Gasteiger charge is 2.31. The van der Waals surface area contributed by atoms with Crippen LogP contribution in [0.1, 0.15) is 18.9 Å². The molecule has 1 heterocycles. The normalized spacial score (nSPS) is 24.4. The third-order valence-corrected chi connectivity index (χ3v) is 4.79. The van der Waals surface area contributed by atoms with Crippen LogP contribution in [0.3, 0.4) is 0 Å². The highest BCUT2D eigenvalue weighted by molar-refractivity contribution is 9.10. The predicted molar refractivity (Wildman–Crippen MR) is 80.8 cm³/mol. The fraction of sp³-hybridized carbons (Fsp3) is 0.600. The number of methoxy groups -OCH3 is 1. The third-order valence-electron chi connectivity index (χ3n) is 4.02. The van der Waals surface area contributed by atoms with E-state index in [0.717, 1.165) is 29.7 Å². The SMILES string of the molecule is CNC(Cc1cc(OC)ccc1Br)C1CCOC1C. The molecular weight excluding hydrogens is 306 g/mol. The average molecular weight is 328 g/mol. The van der Waals surface area contributed by atoms with Gasteiger partial charge in [0.15, 0.2) is 0 Å². The van der Waals surface area contributed by atoms with E-state index in [2.05, 4.69) is 40.3 Å². The van der Waals surface area contributed by atoms with Gasteiger partial charge in [-0.1, -0.05) is 15.9 Å². The summed E-state index contributed by atoms with van der Waals surface area (Å²) in [6.07, 6.45) is 2.45. The number of hydrogen-bond donors (Lipinski definition) is 1. The van der Waals surface area contributed by atoms with Gasteiger partial charge in [-0.05, 0) is 50.6 Å². The fourth-order valence-electron chi connectivity index (χ4n) is 2.82. The number of nitrogens with one attached hydrogen (secondary N) is 1. The monoisotopic (exact) mass is 327 g/mol. The van der Waals surface area contributed by atoms with E-state index in [4.69, 9.17) is 9.47 Å². The van der Waals surface area contributed by atoms with Gasteiger partial charge < -0.3 is 14.8 Å². The lowest BCUT2D eigenvalue weighted by atomic mass is 9.89. The molecule has 1 aliphatic heterocycles. The Morgan fingerprint density at radius 3 is 2.89 bits per heavy atom. The number of ether oxygens (including phenoxy) is 2. The second kappa shape index (κ2) is 6.73. The average Bonchev–Trinajstić information content (AvgIpc) is 2.84. The Hall–Kier alpha value is -0.580. The van der Waals surface area contributed by atoms with Crippen LogP contribution >= 0.6 is 15.9 Å². The Balaban J connectivity index is 2.13. The van der Waals surface area contributed by atoms with Crippen molar-refractivity contribution in [2.45, 2.75) is 31.9 Å². The van der Waals surface area contributed by atoms with E-state index in [1.807, 2.05) is 13.1 Å². The van der Waals surface area contributed by atoms with Crippen molar-refractivity contribution in [1.82, 2.24) is 5.32 Å². The van der Waals surface area contributed by atoms with E-state index in [0.29, 0.717) is 18.1 Å². The molecule has 106 valence electrons. The minimum absolute atomic E-state index is 0.335. The van der Waals surface area contributed by atoms with Gasteiger partial charge in [0.1, 0.15) is 5.75 Å². The molecule has 2 rings (SSSR count). The Labute approximate surface area is 123 Å². The number of benzene rings is 1.